The van der Waals surface area contributed by atoms with E-state index in [0.29, 0.717) is 11.6 Å². The average molecular weight is 273 g/mol. The molecule has 0 saturated heterocycles. The molecular weight excluding hydrogens is 254 g/mol. The second kappa shape index (κ2) is 5.45. The van der Waals surface area contributed by atoms with Crippen LogP contribution in [0.3, 0.4) is 0 Å². The van der Waals surface area contributed by atoms with E-state index in [4.69, 9.17) is 0 Å². The molecule has 5 nitrogen and oxygen atoms in total. The molecule has 20 heavy (non-hydrogen) atoms. The smallest absolute Gasteiger partial charge is 0.270 e. The van der Waals surface area contributed by atoms with E-state index < -0.39 is 0 Å². The number of aromatic nitrogens is 2. The number of nitrogens with one attached hydrogen (secondary N) is 1. The van der Waals surface area contributed by atoms with Crippen LogP contribution in [0, 0.1) is 12.8 Å². The van der Waals surface area contributed by atoms with Gasteiger partial charge in [-0.3, -0.25) is 14.0 Å². The Bertz CT molecular complexity index is 704. The van der Waals surface area contributed by atoms with Crippen molar-refractivity contribution in [3.63, 3.8) is 0 Å². The summed E-state index contributed by atoms with van der Waals surface area (Å²) in [6.07, 6.45) is 3.03. The Balaban J connectivity index is 2.43. The molecule has 2 aromatic heterocycles. The van der Waals surface area contributed by atoms with Gasteiger partial charge in [0.2, 0.25) is 0 Å². The summed E-state index contributed by atoms with van der Waals surface area (Å²) in [5.74, 6) is -0.0722. The maximum Gasteiger partial charge on any atom is 0.270 e. The lowest BCUT2D eigenvalue weighted by atomic mass is 10.1. The molecule has 0 radical (unpaired) electrons. The van der Waals surface area contributed by atoms with Crippen molar-refractivity contribution in [3.05, 3.63) is 46.0 Å². The Morgan fingerprint density at radius 2 is 2.00 bits per heavy atom. The maximum atomic E-state index is 12.3. The van der Waals surface area contributed by atoms with Crippen LogP contribution in [-0.4, -0.2) is 21.3 Å². The van der Waals surface area contributed by atoms with Crippen LogP contribution in [0.4, 0.5) is 0 Å². The summed E-state index contributed by atoms with van der Waals surface area (Å²) in [4.78, 5) is 28.6. The average Bonchev–Trinajstić information content (AvgIpc) is 2.39. The van der Waals surface area contributed by atoms with E-state index in [9.17, 15) is 9.59 Å². The standard InChI is InChI=1S/C15H19N3O2/c1-9(2)11(4)17-14(19)12-7-16-13-6-5-10(3)8-18(13)15(12)20/h5-9,11H,1-4H3,(H,17,19). The predicted molar refractivity (Wildman–Crippen MR) is 78.0 cm³/mol. The first-order valence-corrected chi connectivity index (χ1v) is 6.69. The van der Waals surface area contributed by atoms with Crippen molar-refractivity contribution in [2.24, 2.45) is 5.92 Å². The predicted octanol–water partition coefficient (Wildman–Crippen LogP) is 1.78. The second-order valence-electron chi connectivity index (χ2n) is 5.42. The van der Waals surface area contributed by atoms with Crippen molar-refractivity contribution in [2.75, 3.05) is 0 Å². The fraction of sp³-hybridized carbons (Fsp3) is 0.400. The number of pyridine rings is 1. The third-order valence-corrected chi connectivity index (χ3v) is 3.45. The van der Waals surface area contributed by atoms with Gasteiger partial charge in [-0.15, -0.1) is 0 Å². The fourth-order valence-corrected chi connectivity index (χ4v) is 1.79. The molecule has 0 fully saturated rings. The number of carbonyl (C=O) groups excluding carboxylic acids is 1. The van der Waals surface area contributed by atoms with Crippen LogP contribution >= 0.6 is 0 Å². The van der Waals surface area contributed by atoms with Crippen molar-refractivity contribution in [3.8, 4) is 0 Å². The molecule has 0 aliphatic heterocycles. The summed E-state index contributed by atoms with van der Waals surface area (Å²) >= 11 is 0. The third-order valence-electron chi connectivity index (χ3n) is 3.45. The van der Waals surface area contributed by atoms with E-state index in [1.165, 1.54) is 10.6 Å². The Morgan fingerprint density at radius 3 is 2.65 bits per heavy atom. The van der Waals surface area contributed by atoms with E-state index in [-0.39, 0.29) is 23.1 Å². The third kappa shape index (κ3) is 2.71. The minimum atomic E-state index is -0.375. The number of amides is 1. The van der Waals surface area contributed by atoms with Crippen LogP contribution in [0.2, 0.25) is 0 Å². The highest BCUT2D eigenvalue weighted by atomic mass is 16.2. The van der Waals surface area contributed by atoms with E-state index in [2.05, 4.69) is 10.3 Å². The van der Waals surface area contributed by atoms with Gasteiger partial charge in [-0.2, -0.15) is 0 Å². The lowest BCUT2D eigenvalue weighted by Gasteiger charge is -2.17. The number of nitrogens with zero attached hydrogens (tertiary/aromatic N) is 2. The molecule has 0 spiro atoms. The van der Waals surface area contributed by atoms with Crippen molar-refractivity contribution in [1.82, 2.24) is 14.7 Å². The largest absolute Gasteiger partial charge is 0.349 e. The summed E-state index contributed by atoms with van der Waals surface area (Å²) in [5.41, 5.74) is 1.20. The lowest BCUT2D eigenvalue weighted by Crippen LogP contribution is -2.39. The van der Waals surface area contributed by atoms with Crippen LogP contribution < -0.4 is 10.9 Å². The number of aryl methyl sites for hydroxylation is 1. The minimum Gasteiger partial charge on any atom is -0.349 e. The normalized spacial score (nSPS) is 12.7. The van der Waals surface area contributed by atoms with Crippen LogP contribution in [0.15, 0.2) is 29.3 Å². The molecule has 0 bridgehead atoms. The van der Waals surface area contributed by atoms with Crippen molar-refractivity contribution in [2.45, 2.75) is 33.7 Å². The molecule has 1 amide bonds. The second-order valence-corrected chi connectivity index (χ2v) is 5.42. The molecule has 0 saturated carbocycles. The van der Waals surface area contributed by atoms with Gasteiger partial charge in [-0.05, 0) is 31.4 Å². The number of fused-ring (bicyclic) bond motifs is 1. The minimum absolute atomic E-state index is 0.0000985. The first kappa shape index (κ1) is 14.2. The SMILES string of the molecule is Cc1ccc2ncc(C(=O)NC(C)C(C)C)c(=O)n2c1. The molecule has 1 atom stereocenters. The van der Waals surface area contributed by atoms with Crippen molar-refractivity contribution in [1.29, 1.82) is 0 Å². The first-order chi connectivity index (χ1) is 9.40. The Labute approximate surface area is 117 Å². The quantitative estimate of drug-likeness (QED) is 0.927. The van der Waals surface area contributed by atoms with Gasteiger partial charge < -0.3 is 5.32 Å². The molecular formula is C15H19N3O2. The van der Waals surface area contributed by atoms with Crippen molar-refractivity contribution >= 4 is 11.6 Å². The van der Waals surface area contributed by atoms with Gasteiger partial charge in [-0.25, -0.2) is 4.98 Å². The zero-order valence-electron chi connectivity index (χ0n) is 12.2. The van der Waals surface area contributed by atoms with Gasteiger partial charge in [0.1, 0.15) is 11.2 Å². The van der Waals surface area contributed by atoms with Gasteiger partial charge in [-0.1, -0.05) is 19.9 Å². The van der Waals surface area contributed by atoms with Gasteiger partial charge in [0.25, 0.3) is 11.5 Å². The Hall–Kier alpha value is -2.17. The monoisotopic (exact) mass is 273 g/mol. The van der Waals surface area contributed by atoms with Crippen LogP contribution in [0.25, 0.3) is 5.65 Å². The van der Waals surface area contributed by atoms with E-state index in [1.54, 1.807) is 12.3 Å². The summed E-state index contributed by atoms with van der Waals surface area (Å²) in [6.45, 7) is 7.83. The fourth-order valence-electron chi connectivity index (χ4n) is 1.79. The molecule has 1 unspecified atom stereocenters. The molecule has 0 aliphatic carbocycles. The van der Waals surface area contributed by atoms with Gasteiger partial charge >= 0.3 is 0 Å². The van der Waals surface area contributed by atoms with E-state index in [0.717, 1.165) is 5.56 Å². The molecule has 2 aromatic rings. The summed E-state index contributed by atoms with van der Waals surface area (Å²) < 4.78 is 1.41. The molecule has 0 aromatic carbocycles. The first-order valence-electron chi connectivity index (χ1n) is 6.69. The Morgan fingerprint density at radius 1 is 1.30 bits per heavy atom. The zero-order valence-corrected chi connectivity index (χ0v) is 12.2. The van der Waals surface area contributed by atoms with Gasteiger partial charge in [0.05, 0.1) is 0 Å². The van der Waals surface area contributed by atoms with Crippen LogP contribution in [0.5, 0.6) is 0 Å². The number of carbonyl (C=O) groups is 1. The van der Waals surface area contributed by atoms with Crippen LogP contribution in [0.1, 0.15) is 36.7 Å². The van der Waals surface area contributed by atoms with E-state index >= 15 is 0 Å². The number of hydrogen-bond acceptors (Lipinski definition) is 3. The lowest BCUT2D eigenvalue weighted by molar-refractivity contribution is 0.0928. The summed E-state index contributed by atoms with van der Waals surface area (Å²) in [7, 11) is 0. The highest BCUT2D eigenvalue weighted by molar-refractivity contribution is 5.93. The summed E-state index contributed by atoms with van der Waals surface area (Å²) in [5, 5.41) is 2.82. The van der Waals surface area contributed by atoms with Gasteiger partial charge in [0, 0.05) is 18.4 Å². The number of rotatable bonds is 3. The highest BCUT2D eigenvalue weighted by Gasteiger charge is 2.16. The van der Waals surface area contributed by atoms with Gasteiger partial charge in [0.15, 0.2) is 0 Å². The molecule has 106 valence electrons. The van der Waals surface area contributed by atoms with E-state index in [1.807, 2.05) is 33.8 Å². The molecule has 5 heteroatoms. The zero-order chi connectivity index (χ0) is 14.9. The number of hydrogen-bond donors (Lipinski definition) is 1. The van der Waals surface area contributed by atoms with Crippen molar-refractivity contribution < 1.29 is 4.79 Å². The molecule has 2 heterocycles. The summed E-state index contributed by atoms with van der Waals surface area (Å²) in [6, 6.07) is 3.64. The van der Waals surface area contributed by atoms with Crippen LogP contribution in [-0.2, 0) is 0 Å². The molecule has 2 rings (SSSR count). The topological polar surface area (TPSA) is 63.5 Å². The highest BCUT2D eigenvalue weighted by Crippen LogP contribution is 2.04. The molecule has 1 N–H and O–H groups in total. The molecule has 0 aliphatic rings. The maximum absolute atomic E-state index is 12.3. The Kier molecular flexibility index (Phi) is 3.88.